The largest absolute Gasteiger partial charge is 0.496 e. The van der Waals surface area contributed by atoms with Gasteiger partial charge in [-0.15, -0.1) is 0 Å². The first kappa shape index (κ1) is 18.4. The van der Waals surface area contributed by atoms with Crippen LogP contribution in [0.15, 0.2) is 12.1 Å². The summed E-state index contributed by atoms with van der Waals surface area (Å²) in [6, 6.07) is 2.98. The molecule has 1 fully saturated rings. The summed E-state index contributed by atoms with van der Waals surface area (Å²) in [6.07, 6.45) is 0.686. The number of benzene rings is 1. The number of likely N-dealkylation sites (tertiary alicyclic amines) is 1. The van der Waals surface area contributed by atoms with Crippen LogP contribution in [0.4, 0.5) is 5.69 Å². The average molecular weight is 356 g/mol. The number of carbonyl (C=O) groups excluding carboxylic acids is 1. The summed E-state index contributed by atoms with van der Waals surface area (Å²) in [5.74, 6) is -0.620. The van der Waals surface area contributed by atoms with Crippen LogP contribution in [0.25, 0.3) is 0 Å². The van der Waals surface area contributed by atoms with Crippen LogP contribution < -0.4 is 15.8 Å². The summed E-state index contributed by atoms with van der Waals surface area (Å²) in [5, 5.41) is 12.2. The Balaban J connectivity index is 2.05. The number of carboxylic acid groups (broad SMARTS) is 1. The maximum absolute atomic E-state index is 12.6. The molecule has 2 atom stereocenters. The number of hydrogen-bond donors (Lipinski definition) is 3. The zero-order valence-electron chi connectivity index (χ0n) is 13.7. The molecule has 0 unspecified atom stereocenters. The molecule has 1 aliphatic heterocycles. The van der Waals surface area contributed by atoms with Crippen molar-refractivity contribution in [3.63, 3.8) is 0 Å². The minimum atomic E-state index is -0.842. The molecule has 0 aliphatic carbocycles. The molecular weight excluding hydrogens is 334 g/mol. The second-order valence-electron chi connectivity index (χ2n) is 6.05. The van der Waals surface area contributed by atoms with Crippen molar-refractivity contribution in [3.8, 4) is 5.75 Å². The summed E-state index contributed by atoms with van der Waals surface area (Å²) in [6.45, 7) is 3.26. The molecule has 1 heterocycles. The first-order chi connectivity index (χ1) is 11.3. The molecule has 0 radical (unpaired) electrons. The zero-order valence-corrected chi connectivity index (χ0v) is 14.5. The van der Waals surface area contributed by atoms with Crippen LogP contribution in [0, 0.1) is 5.92 Å². The first-order valence-electron chi connectivity index (χ1n) is 7.69. The van der Waals surface area contributed by atoms with E-state index in [0.29, 0.717) is 41.5 Å². The van der Waals surface area contributed by atoms with Gasteiger partial charge < -0.3 is 20.9 Å². The molecule has 1 aromatic rings. The smallest absolute Gasteiger partial charge is 0.317 e. The lowest BCUT2D eigenvalue weighted by Gasteiger charge is -2.36. The van der Waals surface area contributed by atoms with E-state index in [1.165, 1.54) is 19.2 Å². The highest BCUT2D eigenvalue weighted by molar-refractivity contribution is 6.33. The molecule has 1 aromatic carbocycles. The van der Waals surface area contributed by atoms with E-state index in [0.717, 1.165) is 0 Å². The number of nitrogens with two attached hydrogens (primary N) is 1. The van der Waals surface area contributed by atoms with Crippen LogP contribution in [0.5, 0.6) is 5.75 Å². The number of aliphatic carboxylic acids is 1. The van der Waals surface area contributed by atoms with E-state index >= 15 is 0 Å². The number of ether oxygens (including phenoxy) is 1. The Morgan fingerprint density at radius 3 is 2.79 bits per heavy atom. The number of nitrogens with zero attached hydrogens (tertiary/aromatic N) is 1. The molecule has 132 valence electrons. The number of nitrogens with one attached hydrogen (secondary N) is 1. The minimum absolute atomic E-state index is 0.0202. The van der Waals surface area contributed by atoms with Gasteiger partial charge in [-0.2, -0.15) is 0 Å². The monoisotopic (exact) mass is 355 g/mol. The summed E-state index contributed by atoms with van der Waals surface area (Å²) in [5.41, 5.74) is 6.41. The van der Waals surface area contributed by atoms with Gasteiger partial charge in [-0.25, -0.2) is 0 Å². The van der Waals surface area contributed by atoms with Gasteiger partial charge in [-0.05, 0) is 18.4 Å². The van der Waals surface area contributed by atoms with E-state index in [9.17, 15) is 9.59 Å². The number of methoxy groups -OCH3 is 1. The van der Waals surface area contributed by atoms with Crippen molar-refractivity contribution in [2.24, 2.45) is 5.92 Å². The number of hydrogen-bond acceptors (Lipinski definition) is 5. The van der Waals surface area contributed by atoms with Crippen molar-refractivity contribution < 1.29 is 19.4 Å². The summed E-state index contributed by atoms with van der Waals surface area (Å²) in [7, 11) is 1.46. The molecule has 0 bridgehead atoms. The lowest BCUT2D eigenvalue weighted by Crippen LogP contribution is -2.51. The Morgan fingerprint density at radius 2 is 2.21 bits per heavy atom. The molecule has 24 heavy (non-hydrogen) atoms. The number of piperidine rings is 1. The molecule has 0 saturated carbocycles. The first-order valence-corrected chi connectivity index (χ1v) is 8.07. The zero-order chi connectivity index (χ0) is 17.9. The van der Waals surface area contributed by atoms with E-state index in [2.05, 4.69) is 5.32 Å². The van der Waals surface area contributed by atoms with Crippen LogP contribution in [-0.4, -0.2) is 54.7 Å². The highest BCUT2D eigenvalue weighted by Crippen LogP contribution is 2.29. The molecule has 0 spiro atoms. The quantitative estimate of drug-likeness (QED) is 0.690. The van der Waals surface area contributed by atoms with Crippen LogP contribution >= 0.6 is 11.6 Å². The number of amides is 1. The Labute approximate surface area is 145 Å². The Bertz CT molecular complexity index is 638. The van der Waals surface area contributed by atoms with E-state index in [1.807, 2.05) is 11.8 Å². The standard InChI is InChI=1S/C16H22ClN3O4/c1-9-7-20(8-15(21)22)4-3-13(9)19-16(23)10-5-11(17)12(18)6-14(10)24-2/h5-6,9,13H,3-4,7-8,18H2,1-2H3,(H,19,23)(H,21,22)/t9-,13+/m1/s1. The maximum atomic E-state index is 12.6. The van der Waals surface area contributed by atoms with Crippen molar-refractivity contribution in [1.82, 2.24) is 10.2 Å². The van der Waals surface area contributed by atoms with Gasteiger partial charge in [-0.3, -0.25) is 14.5 Å². The Hall–Kier alpha value is -1.99. The van der Waals surface area contributed by atoms with Crippen LogP contribution in [-0.2, 0) is 4.79 Å². The topological polar surface area (TPSA) is 105 Å². The lowest BCUT2D eigenvalue weighted by atomic mass is 9.93. The Kier molecular flexibility index (Phi) is 5.90. The minimum Gasteiger partial charge on any atom is -0.496 e. The van der Waals surface area contributed by atoms with Crippen LogP contribution in [0.1, 0.15) is 23.7 Å². The fraction of sp³-hybridized carbons (Fsp3) is 0.500. The van der Waals surface area contributed by atoms with E-state index in [1.54, 1.807) is 0 Å². The van der Waals surface area contributed by atoms with Gasteiger partial charge in [0.1, 0.15) is 5.75 Å². The van der Waals surface area contributed by atoms with Crippen molar-refractivity contribution >= 4 is 29.2 Å². The van der Waals surface area contributed by atoms with Gasteiger partial charge in [0.2, 0.25) is 0 Å². The SMILES string of the molecule is COc1cc(N)c(Cl)cc1C(=O)N[C@H]1CCN(CC(=O)O)C[C@H]1C. The van der Waals surface area contributed by atoms with Gasteiger partial charge in [0.05, 0.1) is 29.9 Å². The van der Waals surface area contributed by atoms with Crippen molar-refractivity contribution in [3.05, 3.63) is 22.7 Å². The summed E-state index contributed by atoms with van der Waals surface area (Å²) < 4.78 is 5.21. The second kappa shape index (κ2) is 7.72. The number of halogens is 1. The van der Waals surface area contributed by atoms with E-state index in [-0.39, 0.29) is 24.4 Å². The summed E-state index contributed by atoms with van der Waals surface area (Å²) in [4.78, 5) is 25.2. The van der Waals surface area contributed by atoms with Crippen LogP contribution in [0.3, 0.4) is 0 Å². The van der Waals surface area contributed by atoms with Crippen molar-refractivity contribution in [1.29, 1.82) is 0 Å². The van der Waals surface area contributed by atoms with Gasteiger partial charge in [0, 0.05) is 25.2 Å². The molecule has 1 amide bonds. The van der Waals surface area contributed by atoms with Gasteiger partial charge in [0.15, 0.2) is 0 Å². The van der Waals surface area contributed by atoms with Crippen molar-refractivity contribution in [2.75, 3.05) is 32.5 Å². The number of anilines is 1. The summed E-state index contributed by atoms with van der Waals surface area (Å²) >= 11 is 6.00. The average Bonchev–Trinajstić information content (AvgIpc) is 2.51. The predicted molar refractivity (Wildman–Crippen MR) is 91.5 cm³/mol. The number of nitrogen functional groups attached to an aromatic ring is 1. The fourth-order valence-corrected chi connectivity index (χ4v) is 3.11. The second-order valence-corrected chi connectivity index (χ2v) is 6.46. The lowest BCUT2D eigenvalue weighted by molar-refractivity contribution is -0.138. The number of carboxylic acids is 1. The third kappa shape index (κ3) is 4.30. The molecular formula is C16H22ClN3O4. The molecule has 7 nitrogen and oxygen atoms in total. The van der Waals surface area contributed by atoms with Gasteiger partial charge in [0.25, 0.3) is 5.91 Å². The third-order valence-corrected chi connectivity index (χ3v) is 4.56. The normalized spacial score (nSPS) is 21.3. The fourth-order valence-electron chi connectivity index (χ4n) is 2.94. The maximum Gasteiger partial charge on any atom is 0.317 e. The number of carbonyl (C=O) groups is 2. The number of rotatable bonds is 5. The molecule has 2 rings (SSSR count). The third-order valence-electron chi connectivity index (χ3n) is 4.23. The highest BCUT2D eigenvalue weighted by atomic mass is 35.5. The van der Waals surface area contributed by atoms with Gasteiger partial charge in [-0.1, -0.05) is 18.5 Å². The van der Waals surface area contributed by atoms with E-state index in [4.69, 9.17) is 27.2 Å². The van der Waals surface area contributed by atoms with Crippen LogP contribution in [0.2, 0.25) is 5.02 Å². The molecule has 8 heteroatoms. The molecule has 0 aromatic heterocycles. The highest BCUT2D eigenvalue weighted by Gasteiger charge is 2.29. The predicted octanol–water partition coefficient (Wildman–Crippen LogP) is 1.46. The molecule has 1 saturated heterocycles. The molecule has 4 N–H and O–H groups in total. The van der Waals surface area contributed by atoms with Crippen molar-refractivity contribution in [2.45, 2.75) is 19.4 Å². The Morgan fingerprint density at radius 1 is 1.50 bits per heavy atom. The molecule has 1 aliphatic rings. The van der Waals surface area contributed by atoms with Gasteiger partial charge >= 0.3 is 5.97 Å². The van der Waals surface area contributed by atoms with E-state index < -0.39 is 5.97 Å².